The van der Waals surface area contributed by atoms with E-state index in [-0.39, 0.29) is 0 Å². The third-order valence-corrected chi connectivity index (χ3v) is 61.6. The predicted molar refractivity (Wildman–Crippen MR) is 86.8 cm³/mol. The fourth-order valence-corrected chi connectivity index (χ4v) is 98.4. The van der Waals surface area contributed by atoms with Crippen molar-refractivity contribution in [3.05, 3.63) is 24.3 Å². The Morgan fingerprint density at radius 3 is 1.86 bits per heavy atom. The number of fused-ring (bicyclic) bond motifs is 10. The Morgan fingerprint density at radius 1 is 0.955 bits per heavy atom. The number of methoxy groups -OCH3 is 1. The maximum atomic E-state index is 5.33. The Labute approximate surface area is 122 Å². The number of ether oxygens (including phenoxy) is 1. The van der Waals surface area contributed by atoms with Crippen LogP contribution in [0.5, 0.6) is 5.75 Å². The molecule has 10 fully saturated rings. The quantitative estimate of drug-likeness (QED) is 0.538. The number of rotatable bonds is 4. The van der Waals surface area contributed by atoms with E-state index in [9.17, 15) is 0 Å². The average Bonchev–Trinajstić information content (AvgIpc) is 3.48. The van der Waals surface area contributed by atoms with E-state index in [2.05, 4.69) is 31.2 Å². The van der Waals surface area contributed by atoms with E-state index in [1.54, 1.807) is 12.4 Å². The molecule has 10 aliphatic rings. The molecule has 10 saturated heterocycles. The Bertz CT molecular complexity index is 1150. The summed E-state index contributed by atoms with van der Waals surface area (Å²) in [7, 11) is 2.85. The summed E-state index contributed by atoms with van der Waals surface area (Å²) in [6, 6.07) is 9.04. The van der Waals surface area contributed by atoms with Crippen LogP contribution < -0.4 is 10.0 Å². The molecular formula is C19H21FeOP. The van der Waals surface area contributed by atoms with Crippen LogP contribution in [0, 0.1) is 0 Å². The molecular weight excluding hydrogens is 331 g/mol. The van der Waals surface area contributed by atoms with Crippen LogP contribution in [0.25, 0.3) is 0 Å². The number of hydrogen-bond acceptors (Lipinski definition) is 1. The van der Waals surface area contributed by atoms with E-state index >= 15 is 0 Å². The Balaban J connectivity index is 1.15. The third kappa shape index (κ3) is 0.130. The van der Waals surface area contributed by atoms with Gasteiger partial charge in [-0.05, 0) is 0 Å². The molecule has 1 spiro atoms. The van der Waals surface area contributed by atoms with Crippen LogP contribution in [0.3, 0.4) is 0 Å². The molecule has 22 heavy (non-hydrogen) atoms. The first-order valence-corrected chi connectivity index (χ1v) is 16.5. The molecule has 11 rings (SSSR count). The second-order valence-electron chi connectivity index (χ2n) is 12.3. The van der Waals surface area contributed by atoms with Crippen molar-refractivity contribution >= 4 is 13.9 Å². The molecule has 116 valence electrons. The van der Waals surface area contributed by atoms with E-state index in [1.807, 2.05) is 0 Å². The first kappa shape index (κ1) is 9.45. The number of hydrogen-bond donors (Lipinski definition) is 0. The van der Waals surface area contributed by atoms with Crippen molar-refractivity contribution in [2.45, 2.75) is 60.2 Å². The predicted octanol–water partition coefficient (Wildman–Crippen LogP) is 5.15. The minimum absolute atomic E-state index is 1.01. The summed E-state index contributed by atoms with van der Waals surface area (Å²) < 4.78 is 6.41. The zero-order chi connectivity index (χ0) is 14.0. The van der Waals surface area contributed by atoms with Gasteiger partial charge in [0.15, 0.2) is 0 Å². The minimum atomic E-state index is -2.85. The van der Waals surface area contributed by atoms with Crippen LogP contribution >= 0.6 is 8.58 Å². The summed E-state index contributed by atoms with van der Waals surface area (Å²) >= 11 is 0. The van der Waals surface area contributed by atoms with Crippen molar-refractivity contribution in [3.8, 4) is 5.75 Å². The van der Waals surface area contributed by atoms with Crippen molar-refractivity contribution < 1.29 is 11.2 Å². The van der Waals surface area contributed by atoms with Gasteiger partial charge in [0.2, 0.25) is 0 Å². The van der Waals surface area contributed by atoms with Gasteiger partial charge >= 0.3 is 122 Å². The van der Waals surface area contributed by atoms with Crippen LogP contribution in [-0.2, 0) is 6.51 Å². The van der Waals surface area contributed by atoms with Crippen molar-refractivity contribution in [1.82, 2.24) is 0 Å². The van der Waals surface area contributed by atoms with Gasteiger partial charge in [0.1, 0.15) is 0 Å². The van der Waals surface area contributed by atoms with Gasteiger partial charge < -0.3 is 0 Å². The van der Waals surface area contributed by atoms with Gasteiger partial charge in [0.25, 0.3) is 0 Å². The molecule has 6 atom stereocenters. The van der Waals surface area contributed by atoms with Crippen molar-refractivity contribution in [1.29, 1.82) is 0 Å². The van der Waals surface area contributed by atoms with E-state index in [0.29, 0.717) is 0 Å². The molecule has 3 heteroatoms. The third-order valence-electron chi connectivity index (χ3n) is 16.9. The van der Waals surface area contributed by atoms with Gasteiger partial charge in [-0.2, -0.15) is 0 Å². The van der Waals surface area contributed by atoms with Crippen molar-refractivity contribution in [2.75, 3.05) is 7.11 Å². The Morgan fingerprint density at radius 2 is 1.50 bits per heavy atom. The monoisotopic (exact) mass is 352 g/mol. The van der Waals surface area contributed by atoms with Gasteiger partial charge in [-0.1, -0.05) is 0 Å². The normalized spacial score (nSPS) is 96.5. The summed E-state index contributed by atoms with van der Waals surface area (Å²) in [6.45, 7) is -0.150. The van der Waals surface area contributed by atoms with Crippen LogP contribution in [0.15, 0.2) is 24.3 Å². The molecule has 6 unspecified atom stereocenters. The van der Waals surface area contributed by atoms with Gasteiger partial charge in [-0.3, -0.25) is 0 Å². The average molecular weight is 352 g/mol. The summed E-state index contributed by atoms with van der Waals surface area (Å²) in [4.78, 5) is 13.3. The topological polar surface area (TPSA) is 9.23 Å². The Kier molecular flexibility index (Phi) is 0.416. The van der Waals surface area contributed by atoms with Crippen LogP contribution in [0.1, 0.15) is 6.92 Å². The molecule has 0 aliphatic carbocycles. The van der Waals surface area contributed by atoms with Gasteiger partial charge in [0, 0.05) is 0 Å². The molecule has 0 bridgehead atoms. The molecule has 0 amide bonds. The van der Waals surface area contributed by atoms with E-state index in [0.717, 1.165) is 24.3 Å². The van der Waals surface area contributed by atoms with Gasteiger partial charge in [-0.15, -0.1) is 0 Å². The second kappa shape index (κ2) is 0.967. The number of benzene rings is 1. The molecule has 10 aliphatic heterocycles. The van der Waals surface area contributed by atoms with Gasteiger partial charge in [-0.25, -0.2) is 0 Å². The first-order chi connectivity index (χ1) is 10.5. The van der Waals surface area contributed by atoms with Crippen molar-refractivity contribution in [3.63, 3.8) is 0 Å². The maximum absolute atomic E-state index is 5.33. The summed E-state index contributed by atoms with van der Waals surface area (Å²) in [6.07, 6.45) is 0. The zero-order valence-corrected chi connectivity index (χ0v) is 14.9. The molecule has 0 aromatic heterocycles. The van der Waals surface area contributed by atoms with Crippen LogP contribution in [-0.4, -0.2) is 12.8 Å². The summed E-state index contributed by atoms with van der Waals surface area (Å²) in [5.74, 6) is 1.01. The Hall–Kier alpha value is -0.0305. The SMILES string of the molecule is COc1ccc(PC(C)[C]23[CH]4[CH]5[CH]6[CH]2[Fe]56432789[CH]3[CH]2[CH]7[CH]8[CH]39)cc1. The molecule has 0 saturated carbocycles. The summed E-state index contributed by atoms with van der Waals surface area (Å²) in [5.41, 5.74) is 1.05. The van der Waals surface area contributed by atoms with Gasteiger partial charge in [0.05, 0.1) is 0 Å². The molecule has 0 N–H and O–H groups in total. The van der Waals surface area contributed by atoms with E-state index in [4.69, 9.17) is 4.74 Å². The fourth-order valence-electron chi connectivity index (χ4n) is 18.6. The van der Waals surface area contributed by atoms with Crippen LogP contribution in [0.2, 0.25) is 47.7 Å². The molecule has 0 radical (unpaired) electrons. The molecule has 1 nitrogen and oxygen atoms in total. The van der Waals surface area contributed by atoms with Crippen LogP contribution in [0.4, 0.5) is 0 Å². The van der Waals surface area contributed by atoms with E-state index < -0.39 is 6.51 Å². The molecule has 1 aromatic rings. The molecule has 10 heterocycles. The summed E-state index contributed by atoms with van der Waals surface area (Å²) in [5, 5.41) is 1.60. The first-order valence-electron chi connectivity index (χ1n) is 9.10. The van der Waals surface area contributed by atoms with Crippen molar-refractivity contribution in [2.24, 2.45) is 0 Å². The zero-order valence-electron chi connectivity index (χ0n) is 12.8. The standard InChI is InChI=1S/C14H16OP.C5H5.Fe/c1-11(12-5-3-4-6-12)16-14-9-7-13(15-2)8-10-14;1-2-4-5-3-1;/h3-11,16H,1-2H3;1-5H;. The second-order valence-corrected chi connectivity index (χ2v) is 37.7. The fraction of sp³-hybridized carbons (Fsp3) is 0.684. The molecule has 1 aromatic carbocycles. The van der Waals surface area contributed by atoms with E-state index in [1.165, 1.54) is 43.3 Å².